The van der Waals surface area contributed by atoms with Crippen LogP contribution in [0.5, 0.6) is 5.75 Å². The maximum absolute atomic E-state index is 12.7. The minimum absolute atomic E-state index is 0.0528. The molecule has 0 aliphatic carbocycles. The Labute approximate surface area is 157 Å². The summed E-state index contributed by atoms with van der Waals surface area (Å²) >= 11 is 5.80. The first kappa shape index (κ1) is 18.2. The minimum atomic E-state index is -0.639. The van der Waals surface area contributed by atoms with E-state index in [9.17, 15) is 20.2 Å². The highest BCUT2D eigenvalue weighted by Gasteiger charge is 2.18. The van der Waals surface area contributed by atoms with Crippen molar-refractivity contribution in [2.45, 2.75) is 0 Å². The first-order valence-electron chi connectivity index (χ1n) is 7.60. The number of hydrogen-bond donors (Lipinski definition) is 0. The van der Waals surface area contributed by atoms with Gasteiger partial charge < -0.3 is 9.15 Å². The molecule has 0 N–H and O–H groups in total. The van der Waals surface area contributed by atoms with Gasteiger partial charge in [-0.05, 0) is 36.4 Å². The highest BCUT2D eigenvalue weighted by Crippen LogP contribution is 2.30. The van der Waals surface area contributed by atoms with Crippen molar-refractivity contribution >= 4 is 39.9 Å². The average molecular weight is 383 g/mol. The molecule has 2 aromatic carbocycles. The van der Waals surface area contributed by atoms with Gasteiger partial charge >= 0.3 is 0 Å². The number of methoxy groups -OCH3 is 1. The van der Waals surface area contributed by atoms with Crippen molar-refractivity contribution < 1.29 is 14.1 Å². The van der Waals surface area contributed by atoms with Crippen molar-refractivity contribution in [3.63, 3.8) is 0 Å². The predicted octanol–water partition coefficient (Wildman–Crippen LogP) is 4.43. The summed E-state index contributed by atoms with van der Waals surface area (Å²) in [5.41, 5.74) is -0.294. The Morgan fingerprint density at radius 3 is 2.78 bits per heavy atom. The van der Waals surface area contributed by atoms with E-state index in [-0.39, 0.29) is 38.2 Å². The Morgan fingerprint density at radius 1 is 1.33 bits per heavy atom. The van der Waals surface area contributed by atoms with E-state index >= 15 is 0 Å². The molecule has 27 heavy (non-hydrogen) atoms. The number of nitriles is 1. The maximum Gasteiger partial charge on any atom is 0.279 e. The van der Waals surface area contributed by atoms with E-state index < -0.39 is 4.92 Å². The molecule has 3 aromatic rings. The molecular weight excluding hydrogens is 372 g/mol. The van der Waals surface area contributed by atoms with Gasteiger partial charge in [0.05, 0.1) is 34.1 Å². The van der Waals surface area contributed by atoms with Crippen LogP contribution in [-0.4, -0.2) is 12.0 Å². The fraction of sp³-hybridized carbons (Fsp3) is 0.0526. The number of benzene rings is 2. The minimum Gasteiger partial charge on any atom is -0.497 e. The van der Waals surface area contributed by atoms with E-state index in [4.69, 9.17) is 20.8 Å². The van der Waals surface area contributed by atoms with Crippen LogP contribution in [0.2, 0.25) is 5.02 Å². The van der Waals surface area contributed by atoms with Crippen LogP contribution in [0, 0.1) is 21.4 Å². The van der Waals surface area contributed by atoms with Crippen LogP contribution in [0.15, 0.2) is 51.9 Å². The van der Waals surface area contributed by atoms with E-state index in [1.165, 1.54) is 37.6 Å². The summed E-state index contributed by atoms with van der Waals surface area (Å²) in [7, 11) is 1.47. The summed E-state index contributed by atoms with van der Waals surface area (Å²) < 4.78 is 10.5. The van der Waals surface area contributed by atoms with Gasteiger partial charge in [-0.25, -0.2) is 0 Å². The lowest BCUT2D eigenvalue weighted by Gasteiger charge is -2.04. The Kier molecular flexibility index (Phi) is 4.92. The van der Waals surface area contributed by atoms with Crippen LogP contribution in [0.3, 0.4) is 0 Å². The van der Waals surface area contributed by atoms with Gasteiger partial charge in [-0.3, -0.25) is 14.9 Å². The second kappa shape index (κ2) is 7.32. The van der Waals surface area contributed by atoms with Gasteiger partial charge in [0, 0.05) is 11.1 Å². The maximum atomic E-state index is 12.7. The number of nitro benzene ring substituents is 1. The van der Waals surface area contributed by atoms with Crippen LogP contribution in [0.4, 0.5) is 5.69 Å². The normalized spacial score (nSPS) is 11.2. The van der Waals surface area contributed by atoms with Crippen molar-refractivity contribution in [1.82, 2.24) is 0 Å². The topological polar surface area (TPSA) is 106 Å². The highest BCUT2D eigenvalue weighted by atomic mass is 35.5. The van der Waals surface area contributed by atoms with Gasteiger partial charge in [-0.2, -0.15) is 5.26 Å². The Balaban J connectivity index is 2.21. The van der Waals surface area contributed by atoms with E-state index in [1.807, 2.05) is 6.07 Å². The number of nitrogens with zero attached hydrogens (tertiary/aromatic N) is 2. The summed E-state index contributed by atoms with van der Waals surface area (Å²) in [6.07, 6.45) is 2.46. The van der Waals surface area contributed by atoms with Gasteiger partial charge in [-0.1, -0.05) is 11.6 Å². The Bertz CT molecular complexity index is 1190. The average Bonchev–Trinajstić information content (AvgIpc) is 2.67. The SMILES string of the molecule is COc1ccc2occ(/C=C(\C#N)c3ccc(Cl)cc3[N+](=O)[O-])c(=O)c2c1. The largest absolute Gasteiger partial charge is 0.497 e. The summed E-state index contributed by atoms with van der Waals surface area (Å²) in [5, 5.41) is 21.2. The fourth-order valence-electron chi connectivity index (χ4n) is 2.56. The van der Waals surface area contributed by atoms with Crippen molar-refractivity contribution in [3.8, 4) is 11.8 Å². The molecular formula is C19H11ClN2O5. The third-order valence-corrected chi connectivity index (χ3v) is 4.11. The van der Waals surface area contributed by atoms with Crippen molar-refractivity contribution in [3.05, 3.63) is 79.1 Å². The molecule has 0 spiro atoms. The molecule has 3 rings (SSSR count). The van der Waals surface area contributed by atoms with Crippen molar-refractivity contribution in [1.29, 1.82) is 5.26 Å². The van der Waals surface area contributed by atoms with Crippen molar-refractivity contribution in [2.24, 2.45) is 0 Å². The lowest BCUT2D eigenvalue weighted by atomic mass is 10.0. The molecule has 1 aromatic heterocycles. The van der Waals surface area contributed by atoms with E-state index in [1.54, 1.807) is 12.1 Å². The van der Waals surface area contributed by atoms with E-state index in [0.29, 0.717) is 11.3 Å². The highest BCUT2D eigenvalue weighted by molar-refractivity contribution is 6.30. The van der Waals surface area contributed by atoms with Gasteiger partial charge in [0.25, 0.3) is 5.69 Å². The fourth-order valence-corrected chi connectivity index (χ4v) is 2.73. The number of allylic oxidation sites excluding steroid dienone is 1. The Morgan fingerprint density at radius 2 is 2.11 bits per heavy atom. The zero-order valence-electron chi connectivity index (χ0n) is 13.9. The molecule has 7 nitrogen and oxygen atoms in total. The molecule has 0 fully saturated rings. The van der Waals surface area contributed by atoms with E-state index in [2.05, 4.69) is 0 Å². The Hall–Kier alpha value is -3.63. The summed E-state index contributed by atoms with van der Waals surface area (Å²) in [4.78, 5) is 23.4. The number of ether oxygens (including phenoxy) is 1. The number of halogens is 1. The molecule has 8 heteroatoms. The van der Waals surface area contributed by atoms with Crippen LogP contribution >= 0.6 is 11.6 Å². The molecule has 1 heterocycles. The molecule has 0 bridgehead atoms. The van der Waals surface area contributed by atoms with Gasteiger partial charge in [0.1, 0.15) is 23.7 Å². The third kappa shape index (κ3) is 3.52. The van der Waals surface area contributed by atoms with Gasteiger partial charge in [0.2, 0.25) is 0 Å². The number of nitro groups is 1. The summed E-state index contributed by atoms with van der Waals surface area (Å²) in [6.45, 7) is 0. The molecule has 134 valence electrons. The molecule has 0 aliphatic rings. The zero-order valence-corrected chi connectivity index (χ0v) is 14.7. The quantitative estimate of drug-likeness (QED) is 0.375. The second-order valence-corrected chi connectivity index (χ2v) is 5.91. The number of hydrogen-bond acceptors (Lipinski definition) is 6. The standard InChI is InChI=1S/C19H11ClN2O5/c1-26-14-3-5-18-16(8-14)19(23)12(10-27-18)6-11(9-21)15-4-2-13(20)7-17(15)22(24)25/h2-8,10H,1H3/b11-6+. The van der Waals surface area contributed by atoms with Gasteiger partial charge in [0.15, 0.2) is 5.43 Å². The smallest absolute Gasteiger partial charge is 0.279 e. The molecule has 0 saturated heterocycles. The first-order valence-corrected chi connectivity index (χ1v) is 7.98. The lowest BCUT2D eigenvalue weighted by Crippen LogP contribution is -2.05. The molecule has 0 atom stereocenters. The molecule has 0 aliphatic heterocycles. The summed E-state index contributed by atoms with van der Waals surface area (Å²) in [6, 6.07) is 10.6. The second-order valence-electron chi connectivity index (χ2n) is 5.47. The van der Waals surface area contributed by atoms with Crippen LogP contribution in [-0.2, 0) is 0 Å². The summed E-state index contributed by atoms with van der Waals surface area (Å²) in [5.74, 6) is 0.477. The van der Waals surface area contributed by atoms with Crippen LogP contribution < -0.4 is 10.2 Å². The monoisotopic (exact) mass is 382 g/mol. The van der Waals surface area contributed by atoms with Crippen molar-refractivity contribution in [2.75, 3.05) is 7.11 Å². The number of rotatable bonds is 4. The molecule has 0 radical (unpaired) electrons. The lowest BCUT2D eigenvalue weighted by molar-refractivity contribution is -0.385. The zero-order chi connectivity index (χ0) is 19.6. The number of fused-ring (bicyclic) bond motifs is 1. The molecule has 0 amide bonds. The van der Waals surface area contributed by atoms with Crippen LogP contribution in [0.25, 0.3) is 22.6 Å². The van der Waals surface area contributed by atoms with Gasteiger partial charge in [-0.15, -0.1) is 0 Å². The third-order valence-electron chi connectivity index (χ3n) is 3.87. The molecule has 0 unspecified atom stereocenters. The molecule has 0 saturated carbocycles. The van der Waals surface area contributed by atoms with Crippen LogP contribution in [0.1, 0.15) is 11.1 Å². The predicted molar refractivity (Wildman–Crippen MR) is 101 cm³/mol. The first-order chi connectivity index (χ1) is 12.9. The van der Waals surface area contributed by atoms with E-state index in [0.717, 1.165) is 6.07 Å².